The lowest BCUT2D eigenvalue weighted by molar-refractivity contribution is 0.0895. The number of halogens is 2. The third-order valence-corrected chi connectivity index (χ3v) is 8.29. The van der Waals surface area contributed by atoms with Gasteiger partial charge in [0.25, 0.3) is 5.91 Å². The molecule has 208 valence electrons. The summed E-state index contributed by atoms with van der Waals surface area (Å²) in [6.07, 6.45) is 1.24. The van der Waals surface area contributed by atoms with Crippen molar-refractivity contribution in [2.45, 2.75) is 53.6 Å². The Morgan fingerprint density at radius 3 is 2.38 bits per heavy atom. The van der Waals surface area contributed by atoms with Crippen molar-refractivity contribution in [2.75, 3.05) is 20.7 Å². The monoisotopic (exact) mass is 569 g/mol. The zero-order valence-electron chi connectivity index (χ0n) is 23.9. The molecule has 0 radical (unpaired) electrons. The van der Waals surface area contributed by atoms with Gasteiger partial charge >= 0.3 is 0 Å². The fraction of sp³-hybridized carbons (Fsp3) is 0.400. The summed E-state index contributed by atoms with van der Waals surface area (Å²) >= 11 is 13.1. The molecule has 7 nitrogen and oxygen atoms in total. The number of rotatable bonds is 9. The van der Waals surface area contributed by atoms with Gasteiger partial charge in [0.2, 0.25) is 0 Å². The summed E-state index contributed by atoms with van der Waals surface area (Å²) in [5.74, 6) is 0.636. The first-order valence-corrected chi connectivity index (χ1v) is 13.9. The van der Waals surface area contributed by atoms with Gasteiger partial charge < -0.3 is 15.0 Å². The predicted molar refractivity (Wildman–Crippen MR) is 160 cm³/mol. The number of benzene rings is 2. The molecule has 1 amide bonds. The van der Waals surface area contributed by atoms with Crippen molar-refractivity contribution in [1.29, 1.82) is 0 Å². The van der Waals surface area contributed by atoms with Crippen molar-refractivity contribution < 1.29 is 9.53 Å². The second-order valence-electron chi connectivity index (χ2n) is 10.4. The number of hydrogen-bond acceptors (Lipinski definition) is 4. The molecule has 1 atom stereocenters. The maximum absolute atomic E-state index is 13.5. The van der Waals surface area contributed by atoms with Crippen LogP contribution in [0.1, 0.15) is 51.9 Å². The van der Waals surface area contributed by atoms with Gasteiger partial charge in [0.05, 0.1) is 29.0 Å². The highest BCUT2D eigenvalue weighted by Gasteiger charge is 2.25. The van der Waals surface area contributed by atoms with E-state index in [0.717, 1.165) is 67.3 Å². The molecule has 2 aromatic carbocycles. The number of fused-ring (bicyclic) bond motifs is 1. The molecule has 0 saturated carbocycles. The number of aryl methyl sites for hydroxylation is 5. The van der Waals surface area contributed by atoms with Crippen LogP contribution in [0.4, 0.5) is 0 Å². The lowest BCUT2D eigenvalue weighted by Crippen LogP contribution is -2.42. The van der Waals surface area contributed by atoms with Crippen LogP contribution in [0.25, 0.3) is 22.0 Å². The van der Waals surface area contributed by atoms with E-state index >= 15 is 0 Å². The van der Waals surface area contributed by atoms with Crippen molar-refractivity contribution >= 4 is 40.0 Å². The van der Waals surface area contributed by atoms with E-state index < -0.39 is 0 Å². The summed E-state index contributed by atoms with van der Waals surface area (Å²) in [4.78, 5) is 18.9. The lowest BCUT2D eigenvalue weighted by Gasteiger charge is -2.21. The van der Waals surface area contributed by atoms with Crippen LogP contribution in [0.2, 0.25) is 10.0 Å². The van der Waals surface area contributed by atoms with E-state index in [1.807, 2.05) is 89.6 Å². The predicted octanol–water partition coefficient (Wildman–Crippen LogP) is 6.76. The number of carbonyl (C=O) groups is 1. The Hall–Kier alpha value is -3.00. The van der Waals surface area contributed by atoms with Crippen LogP contribution in [0.3, 0.4) is 0 Å². The number of H-pyrrole nitrogens is 1. The minimum atomic E-state index is -0.158. The molecule has 2 N–H and O–H groups in total. The molecular weight excluding hydrogens is 533 g/mol. The summed E-state index contributed by atoms with van der Waals surface area (Å²) in [7, 11) is 5.78. The van der Waals surface area contributed by atoms with E-state index in [1.165, 1.54) is 0 Å². The van der Waals surface area contributed by atoms with Gasteiger partial charge in [-0.25, -0.2) is 0 Å². The summed E-state index contributed by atoms with van der Waals surface area (Å²) < 4.78 is 7.92. The molecule has 0 saturated heterocycles. The molecule has 0 fully saturated rings. The molecule has 0 aliphatic carbocycles. The van der Waals surface area contributed by atoms with Crippen molar-refractivity contribution in [3.05, 3.63) is 68.1 Å². The van der Waals surface area contributed by atoms with E-state index in [9.17, 15) is 4.79 Å². The van der Waals surface area contributed by atoms with E-state index in [2.05, 4.69) is 15.4 Å². The molecule has 2 heterocycles. The molecule has 0 spiro atoms. The normalized spacial score (nSPS) is 12.4. The first-order valence-electron chi connectivity index (χ1n) is 13.1. The molecular formula is C30H37Cl2N5O2. The minimum absolute atomic E-state index is 0.137. The molecule has 2 aromatic heterocycles. The number of hydrogen-bond donors (Lipinski definition) is 2. The third kappa shape index (κ3) is 5.81. The van der Waals surface area contributed by atoms with Crippen LogP contribution in [0.5, 0.6) is 5.75 Å². The number of aromatic nitrogens is 3. The SMILES string of the molecule is Cc1cc(OCCCc2c(C(=O)NC(C)N(C)C)[nH]c3c(-c4c(C)nn(C)c4C)c(Cl)ccc23)cc(C)c1Cl. The third-order valence-electron chi connectivity index (χ3n) is 7.38. The topological polar surface area (TPSA) is 75.2 Å². The number of ether oxygens (including phenoxy) is 1. The second-order valence-corrected chi connectivity index (χ2v) is 11.2. The van der Waals surface area contributed by atoms with Gasteiger partial charge in [-0.05, 0) is 96.4 Å². The zero-order chi connectivity index (χ0) is 28.6. The molecule has 4 aromatic rings. The van der Waals surface area contributed by atoms with Crippen LogP contribution >= 0.6 is 23.2 Å². The highest BCUT2D eigenvalue weighted by atomic mass is 35.5. The molecule has 4 rings (SSSR count). The van der Waals surface area contributed by atoms with Gasteiger partial charge in [-0.15, -0.1) is 0 Å². The second kappa shape index (κ2) is 11.6. The van der Waals surface area contributed by atoms with Gasteiger partial charge in [-0.3, -0.25) is 14.4 Å². The van der Waals surface area contributed by atoms with Gasteiger partial charge in [-0.2, -0.15) is 5.10 Å². The highest BCUT2D eigenvalue weighted by Crippen LogP contribution is 2.40. The Balaban J connectivity index is 1.72. The van der Waals surface area contributed by atoms with Crippen LogP contribution in [-0.4, -0.2) is 52.4 Å². The van der Waals surface area contributed by atoms with Crippen molar-refractivity contribution in [2.24, 2.45) is 7.05 Å². The van der Waals surface area contributed by atoms with Crippen LogP contribution in [-0.2, 0) is 13.5 Å². The first-order chi connectivity index (χ1) is 18.4. The first kappa shape index (κ1) is 29.0. The van der Waals surface area contributed by atoms with Crippen molar-refractivity contribution in [3.63, 3.8) is 0 Å². The summed E-state index contributed by atoms with van der Waals surface area (Å²) in [5.41, 5.74) is 8.03. The Morgan fingerprint density at radius 2 is 1.79 bits per heavy atom. The van der Waals surface area contributed by atoms with Gasteiger partial charge in [-0.1, -0.05) is 29.3 Å². The molecule has 0 aliphatic rings. The van der Waals surface area contributed by atoms with Gasteiger partial charge in [0.1, 0.15) is 11.4 Å². The zero-order valence-corrected chi connectivity index (χ0v) is 25.4. The lowest BCUT2D eigenvalue weighted by atomic mass is 9.98. The minimum Gasteiger partial charge on any atom is -0.494 e. The molecule has 0 aliphatic heterocycles. The number of aromatic amines is 1. The summed E-state index contributed by atoms with van der Waals surface area (Å²) in [6.45, 7) is 10.4. The smallest absolute Gasteiger partial charge is 0.269 e. The quantitative estimate of drug-likeness (QED) is 0.172. The van der Waals surface area contributed by atoms with Gasteiger partial charge in [0, 0.05) is 34.3 Å². The van der Waals surface area contributed by atoms with E-state index in [-0.39, 0.29) is 12.1 Å². The molecule has 0 bridgehead atoms. The molecule has 39 heavy (non-hydrogen) atoms. The maximum atomic E-state index is 13.5. The maximum Gasteiger partial charge on any atom is 0.269 e. The van der Waals surface area contributed by atoms with Crippen LogP contribution in [0, 0.1) is 27.7 Å². The summed E-state index contributed by atoms with van der Waals surface area (Å²) in [6, 6.07) is 7.81. The Kier molecular flexibility index (Phi) is 8.64. The Bertz CT molecular complexity index is 1510. The summed E-state index contributed by atoms with van der Waals surface area (Å²) in [5, 5.41) is 10.0. The van der Waals surface area contributed by atoms with Crippen molar-refractivity contribution in [3.8, 4) is 16.9 Å². The van der Waals surface area contributed by atoms with E-state index in [4.69, 9.17) is 27.9 Å². The highest BCUT2D eigenvalue weighted by molar-refractivity contribution is 6.35. The molecule has 9 heteroatoms. The standard InChI is InChI=1S/C30H37Cl2N5O2/c1-16-14-21(15-17(2)27(16)32)39-13-9-10-22-23-11-12-24(31)26(25-18(3)35-37(8)19(25)4)28(23)34-29(22)30(38)33-20(5)36(6)7/h11-12,14-15,20,34H,9-10,13H2,1-8H3,(H,33,38). The Labute approximate surface area is 240 Å². The van der Waals surface area contributed by atoms with E-state index in [1.54, 1.807) is 0 Å². The number of amides is 1. The van der Waals surface area contributed by atoms with Crippen LogP contribution < -0.4 is 10.1 Å². The van der Waals surface area contributed by atoms with Crippen LogP contribution in [0.15, 0.2) is 24.3 Å². The van der Waals surface area contributed by atoms with Crippen molar-refractivity contribution in [1.82, 2.24) is 25.0 Å². The fourth-order valence-electron chi connectivity index (χ4n) is 4.95. The molecule has 1 unspecified atom stereocenters. The van der Waals surface area contributed by atoms with E-state index in [0.29, 0.717) is 23.7 Å². The van der Waals surface area contributed by atoms with Gasteiger partial charge in [0.15, 0.2) is 0 Å². The Morgan fingerprint density at radius 1 is 1.13 bits per heavy atom. The number of carbonyl (C=O) groups excluding carboxylic acids is 1. The fourth-order valence-corrected chi connectivity index (χ4v) is 5.31. The number of nitrogens with one attached hydrogen (secondary N) is 2. The number of nitrogens with zero attached hydrogens (tertiary/aromatic N) is 3. The largest absolute Gasteiger partial charge is 0.494 e. The average Bonchev–Trinajstić information content (AvgIpc) is 3.36. The average molecular weight is 571 g/mol.